The molecule has 0 saturated heterocycles. The first-order chi connectivity index (χ1) is 8.37. The molecule has 0 aliphatic heterocycles. The average molecular weight is 262 g/mol. The van der Waals surface area contributed by atoms with E-state index < -0.39 is 18.7 Å². The van der Waals surface area contributed by atoms with E-state index in [0.717, 1.165) is 5.56 Å². The summed E-state index contributed by atoms with van der Waals surface area (Å²) in [6.45, 7) is 0.104. The lowest BCUT2D eigenvalue weighted by atomic mass is 10.2. The van der Waals surface area contributed by atoms with Gasteiger partial charge in [0.05, 0.1) is 0 Å². The highest BCUT2D eigenvalue weighted by atomic mass is 19.4. The van der Waals surface area contributed by atoms with Crippen molar-refractivity contribution in [1.82, 2.24) is 5.48 Å². The SMILES string of the molecule is Cc1ccc(NC(=O)CNOCC(F)(F)F)cc1. The van der Waals surface area contributed by atoms with E-state index >= 15 is 0 Å². The molecule has 0 unspecified atom stereocenters. The molecular formula is C11H13F3N2O2. The van der Waals surface area contributed by atoms with E-state index in [9.17, 15) is 18.0 Å². The quantitative estimate of drug-likeness (QED) is 0.630. The first-order valence-corrected chi connectivity index (χ1v) is 5.15. The fraction of sp³-hybridized carbons (Fsp3) is 0.364. The summed E-state index contributed by atoms with van der Waals surface area (Å²) in [6.07, 6.45) is -4.42. The van der Waals surface area contributed by atoms with E-state index in [1.807, 2.05) is 24.5 Å². The molecule has 18 heavy (non-hydrogen) atoms. The third-order valence-electron chi connectivity index (χ3n) is 1.91. The zero-order valence-corrected chi connectivity index (χ0v) is 9.67. The predicted octanol–water partition coefficient (Wildman–Crippen LogP) is 2.02. The Kier molecular flexibility index (Phi) is 5.11. The largest absolute Gasteiger partial charge is 0.413 e. The van der Waals surface area contributed by atoms with Gasteiger partial charge in [-0.2, -0.15) is 18.7 Å². The number of nitrogens with one attached hydrogen (secondary N) is 2. The molecule has 0 aliphatic carbocycles. The molecule has 0 radical (unpaired) electrons. The van der Waals surface area contributed by atoms with Gasteiger partial charge in [0.2, 0.25) is 5.91 Å². The van der Waals surface area contributed by atoms with Crippen LogP contribution in [0.5, 0.6) is 0 Å². The molecule has 0 aromatic heterocycles. The van der Waals surface area contributed by atoms with E-state index in [2.05, 4.69) is 10.2 Å². The fourth-order valence-electron chi connectivity index (χ4n) is 1.09. The van der Waals surface area contributed by atoms with Crippen LogP contribution in [0.4, 0.5) is 18.9 Å². The molecule has 100 valence electrons. The second kappa shape index (κ2) is 6.36. The van der Waals surface area contributed by atoms with Crippen molar-refractivity contribution in [2.45, 2.75) is 13.1 Å². The number of rotatable bonds is 5. The van der Waals surface area contributed by atoms with Gasteiger partial charge in [-0.1, -0.05) is 17.7 Å². The summed E-state index contributed by atoms with van der Waals surface area (Å²) in [5.41, 5.74) is 3.56. The molecule has 0 fully saturated rings. The Morgan fingerprint density at radius 1 is 1.28 bits per heavy atom. The fourth-order valence-corrected chi connectivity index (χ4v) is 1.09. The van der Waals surface area contributed by atoms with Crippen LogP contribution in [0.25, 0.3) is 0 Å². The molecule has 1 rings (SSSR count). The van der Waals surface area contributed by atoms with Crippen LogP contribution in [0, 0.1) is 6.92 Å². The molecule has 1 amide bonds. The summed E-state index contributed by atoms with van der Waals surface area (Å²) in [7, 11) is 0. The van der Waals surface area contributed by atoms with Gasteiger partial charge in [-0.25, -0.2) is 0 Å². The van der Waals surface area contributed by atoms with Gasteiger partial charge in [0, 0.05) is 5.69 Å². The van der Waals surface area contributed by atoms with Crippen LogP contribution in [0.1, 0.15) is 5.56 Å². The third-order valence-corrected chi connectivity index (χ3v) is 1.91. The maximum absolute atomic E-state index is 11.7. The van der Waals surface area contributed by atoms with Crippen molar-refractivity contribution in [2.75, 3.05) is 18.5 Å². The van der Waals surface area contributed by atoms with Crippen LogP contribution < -0.4 is 10.8 Å². The number of hydrogen-bond acceptors (Lipinski definition) is 3. The van der Waals surface area contributed by atoms with Gasteiger partial charge in [-0.05, 0) is 19.1 Å². The molecule has 0 aliphatic rings. The maximum atomic E-state index is 11.7. The summed E-state index contributed by atoms with van der Waals surface area (Å²) in [4.78, 5) is 15.4. The standard InChI is InChI=1S/C11H13F3N2O2/c1-8-2-4-9(5-3-8)16-10(17)6-15-18-7-11(12,13)14/h2-5,15H,6-7H2,1H3,(H,16,17). The van der Waals surface area contributed by atoms with Crippen LogP contribution in [-0.2, 0) is 9.63 Å². The molecular weight excluding hydrogens is 249 g/mol. The number of alkyl halides is 3. The number of halogens is 3. The minimum Gasteiger partial charge on any atom is -0.325 e. The van der Waals surface area contributed by atoms with Gasteiger partial charge in [0.25, 0.3) is 0 Å². The third kappa shape index (κ3) is 6.21. The highest BCUT2D eigenvalue weighted by molar-refractivity contribution is 5.92. The van der Waals surface area contributed by atoms with Crippen LogP contribution in [0.2, 0.25) is 0 Å². The Morgan fingerprint density at radius 3 is 2.44 bits per heavy atom. The lowest BCUT2D eigenvalue weighted by Gasteiger charge is -2.09. The molecule has 4 nitrogen and oxygen atoms in total. The molecule has 1 aromatic carbocycles. The van der Waals surface area contributed by atoms with Gasteiger partial charge in [-0.15, -0.1) is 0 Å². The van der Waals surface area contributed by atoms with Crippen molar-refractivity contribution in [2.24, 2.45) is 0 Å². The summed E-state index contributed by atoms with van der Waals surface area (Å²) >= 11 is 0. The van der Waals surface area contributed by atoms with E-state index in [0.29, 0.717) is 5.69 Å². The van der Waals surface area contributed by atoms with E-state index in [4.69, 9.17) is 0 Å². The summed E-state index contributed by atoms with van der Waals surface area (Å²) in [5, 5.41) is 2.50. The zero-order valence-electron chi connectivity index (χ0n) is 9.67. The van der Waals surface area contributed by atoms with Crippen molar-refractivity contribution in [3.63, 3.8) is 0 Å². The molecule has 2 N–H and O–H groups in total. The molecule has 0 heterocycles. The number of carbonyl (C=O) groups excluding carboxylic acids is 1. The number of hydroxylamine groups is 1. The zero-order chi connectivity index (χ0) is 13.6. The van der Waals surface area contributed by atoms with E-state index in [1.165, 1.54) is 0 Å². The number of aryl methyl sites for hydroxylation is 1. The Balaban J connectivity index is 2.24. The number of benzene rings is 1. The monoisotopic (exact) mass is 262 g/mol. The second-order valence-electron chi connectivity index (χ2n) is 3.64. The molecule has 0 spiro atoms. The number of hydrogen-bond donors (Lipinski definition) is 2. The van der Waals surface area contributed by atoms with Crippen molar-refractivity contribution < 1.29 is 22.8 Å². The van der Waals surface area contributed by atoms with Crippen molar-refractivity contribution in [3.05, 3.63) is 29.8 Å². The van der Waals surface area contributed by atoms with Gasteiger partial charge >= 0.3 is 6.18 Å². The Bertz CT molecular complexity index is 390. The topological polar surface area (TPSA) is 50.4 Å². The Morgan fingerprint density at radius 2 is 1.89 bits per heavy atom. The lowest BCUT2D eigenvalue weighted by Crippen LogP contribution is -2.31. The van der Waals surface area contributed by atoms with Crippen molar-refractivity contribution >= 4 is 11.6 Å². The Labute approximate surface area is 102 Å². The Hall–Kier alpha value is -1.60. The molecule has 0 atom stereocenters. The van der Waals surface area contributed by atoms with Crippen LogP contribution in [-0.4, -0.2) is 25.2 Å². The first-order valence-electron chi connectivity index (χ1n) is 5.15. The molecule has 0 saturated carbocycles. The second-order valence-corrected chi connectivity index (χ2v) is 3.64. The summed E-state index contributed by atoms with van der Waals surface area (Å²) in [6, 6.07) is 7.01. The minimum atomic E-state index is -4.42. The van der Waals surface area contributed by atoms with Gasteiger partial charge in [0.15, 0.2) is 6.61 Å². The van der Waals surface area contributed by atoms with Gasteiger partial charge in [0.1, 0.15) is 6.54 Å². The highest BCUT2D eigenvalue weighted by Crippen LogP contribution is 2.13. The minimum absolute atomic E-state index is 0.357. The normalized spacial score (nSPS) is 11.3. The van der Waals surface area contributed by atoms with Crippen LogP contribution in [0.3, 0.4) is 0 Å². The average Bonchev–Trinajstić information content (AvgIpc) is 2.26. The number of amides is 1. The van der Waals surface area contributed by atoms with Crippen LogP contribution >= 0.6 is 0 Å². The lowest BCUT2D eigenvalue weighted by molar-refractivity contribution is -0.189. The smallest absolute Gasteiger partial charge is 0.325 e. The van der Waals surface area contributed by atoms with Gasteiger partial charge in [-0.3, -0.25) is 9.63 Å². The van der Waals surface area contributed by atoms with E-state index in [-0.39, 0.29) is 6.54 Å². The number of carbonyl (C=O) groups is 1. The van der Waals surface area contributed by atoms with Gasteiger partial charge < -0.3 is 5.32 Å². The van der Waals surface area contributed by atoms with Crippen molar-refractivity contribution in [1.29, 1.82) is 0 Å². The molecule has 1 aromatic rings. The first kappa shape index (κ1) is 14.5. The van der Waals surface area contributed by atoms with Crippen molar-refractivity contribution in [3.8, 4) is 0 Å². The predicted molar refractivity (Wildman–Crippen MR) is 59.8 cm³/mol. The van der Waals surface area contributed by atoms with E-state index in [1.54, 1.807) is 12.1 Å². The molecule has 7 heteroatoms. The summed E-state index contributed by atoms with van der Waals surface area (Å²) < 4.78 is 35.1. The number of anilines is 1. The summed E-state index contributed by atoms with van der Waals surface area (Å²) in [5.74, 6) is -0.485. The molecule has 0 bridgehead atoms. The van der Waals surface area contributed by atoms with Crippen LogP contribution in [0.15, 0.2) is 24.3 Å². The highest BCUT2D eigenvalue weighted by Gasteiger charge is 2.27. The maximum Gasteiger partial charge on any atom is 0.413 e.